The van der Waals surface area contributed by atoms with Crippen LogP contribution >= 0.6 is 27.5 Å². The topological polar surface area (TPSA) is 102 Å². The monoisotopic (exact) mass is 395 g/mol. The summed E-state index contributed by atoms with van der Waals surface area (Å²) < 4.78 is 2.28. The molecule has 3 aromatic rings. The average molecular weight is 397 g/mol. The molecule has 3 rings (SSSR count). The van der Waals surface area contributed by atoms with Crippen LogP contribution < -0.4 is 5.32 Å². The molecule has 0 aliphatic rings. The van der Waals surface area contributed by atoms with Crippen molar-refractivity contribution in [2.24, 2.45) is 0 Å². The number of anilines is 1. The lowest BCUT2D eigenvalue weighted by atomic mass is 10.2. The molecule has 2 heterocycles. The second-order valence-corrected chi connectivity index (χ2v) is 5.78. The number of nitro groups is 1. The standard InChI is InChI=1S/C13H7BrClN5O3/c14-7-1-4-11-16-13(18-19(11)6-7)17-12(21)9-5-8(20(22)23)2-3-10(9)15/h1-6H,(H,17,18,21). The fourth-order valence-corrected chi connectivity index (χ4v) is 2.41. The van der Waals surface area contributed by atoms with Crippen molar-refractivity contribution in [2.75, 3.05) is 5.32 Å². The Balaban J connectivity index is 1.91. The molecule has 1 N–H and O–H groups in total. The van der Waals surface area contributed by atoms with Gasteiger partial charge >= 0.3 is 0 Å². The molecule has 10 heteroatoms. The van der Waals surface area contributed by atoms with E-state index in [0.29, 0.717) is 5.65 Å². The van der Waals surface area contributed by atoms with Gasteiger partial charge in [-0.25, -0.2) is 4.52 Å². The number of carbonyl (C=O) groups excluding carboxylic acids is 1. The van der Waals surface area contributed by atoms with E-state index in [1.165, 1.54) is 16.6 Å². The highest BCUT2D eigenvalue weighted by molar-refractivity contribution is 9.10. The molecule has 0 atom stereocenters. The van der Waals surface area contributed by atoms with Gasteiger partial charge in [0.25, 0.3) is 11.6 Å². The maximum atomic E-state index is 12.2. The number of nitrogens with one attached hydrogen (secondary N) is 1. The van der Waals surface area contributed by atoms with Crippen LogP contribution in [0, 0.1) is 10.1 Å². The maximum Gasteiger partial charge on any atom is 0.270 e. The zero-order valence-electron chi connectivity index (χ0n) is 11.2. The summed E-state index contributed by atoms with van der Waals surface area (Å²) >= 11 is 9.23. The number of pyridine rings is 1. The quantitative estimate of drug-likeness (QED) is 0.540. The summed E-state index contributed by atoms with van der Waals surface area (Å²) in [6, 6.07) is 7.12. The van der Waals surface area contributed by atoms with Crippen LogP contribution in [0.25, 0.3) is 5.65 Å². The number of carbonyl (C=O) groups is 1. The van der Waals surface area contributed by atoms with Crippen molar-refractivity contribution in [2.45, 2.75) is 0 Å². The van der Waals surface area contributed by atoms with Crippen molar-refractivity contribution in [3.05, 3.63) is 61.7 Å². The second kappa shape index (κ2) is 5.94. The minimum absolute atomic E-state index is 0.0269. The number of nitro benzene ring substituents is 1. The van der Waals surface area contributed by atoms with Gasteiger partial charge in [-0.3, -0.25) is 20.2 Å². The predicted octanol–water partition coefficient (Wildman–Crippen LogP) is 3.31. The van der Waals surface area contributed by atoms with Gasteiger partial charge in [-0.05, 0) is 34.1 Å². The third kappa shape index (κ3) is 3.15. The van der Waals surface area contributed by atoms with Crippen molar-refractivity contribution in [1.82, 2.24) is 14.6 Å². The molecular formula is C13H7BrClN5O3. The Labute approximate surface area is 142 Å². The van der Waals surface area contributed by atoms with Crippen molar-refractivity contribution < 1.29 is 9.72 Å². The summed E-state index contributed by atoms with van der Waals surface area (Å²) in [5, 5.41) is 17.5. The van der Waals surface area contributed by atoms with Crippen LogP contribution in [0.1, 0.15) is 10.4 Å². The molecule has 8 nitrogen and oxygen atoms in total. The van der Waals surface area contributed by atoms with Gasteiger partial charge in [-0.1, -0.05) is 11.6 Å². The average Bonchev–Trinajstić information content (AvgIpc) is 2.88. The Morgan fingerprint density at radius 1 is 1.35 bits per heavy atom. The van der Waals surface area contributed by atoms with Crippen LogP contribution in [-0.4, -0.2) is 25.4 Å². The van der Waals surface area contributed by atoms with Crippen molar-refractivity contribution in [1.29, 1.82) is 0 Å². The van der Waals surface area contributed by atoms with Gasteiger partial charge in [0.2, 0.25) is 5.95 Å². The van der Waals surface area contributed by atoms with E-state index in [9.17, 15) is 14.9 Å². The van der Waals surface area contributed by atoms with Gasteiger partial charge in [0.1, 0.15) is 0 Å². The second-order valence-electron chi connectivity index (χ2n) is 4.46. The first-order valence-corrected chi connectivity index (χ1v) is 7.38. The molecule has 0 saturated heterocycles. The smallest absolute Gasteiger partial charge is 0.270 e. The van der Waals surface area contributed by atoms with E-state index in [4.69, 9.17) is 11.6 Å². The van der Waals surface area contributed by atoms with Gasteiger partial charge in [0.15, 0.2) is 5.65 Å². The van der Waals surface area contributed by atoms with Crippen LogP contribution in [-0.2, 0) is 0 Å². The molecule has 23 heavy (non-hydrogen) atoms. The number of halogens is 2. The Morgan fingerprint density at radius 3 is 2.87 bits per heavy atom. The highest BCUT2D eigenvalue weighted by Gasteiger charge is 2.17. The molecule has 2 aromatic heterocycles. The first-order valence-electron chi connectivity index (χ1n) is 6.21. The first-order chi connectivity index (χ1) is 10.9. The number of hydrogen-bond donors (Lipinski definition) is 1. The lowest BCUT2D eigenvalue weighted by molar-refractivity contribution is -0.384. The fourth-order valence-electron chi connectivity index (χ4n) is 1.88. The van der Waals surface area contributed by atoms with Crippen LogP contribution in [0.15, 0.2) is 41.0 Å². The van der Waals surface area contributed by atoms with Crippen LogP contribution in [0.2, 0.25) is 5.02 Å². The van der Waals surface area contributed by atoms with Crippen LogP contribution in [0.4, 0.5) is 11.6 Å². The molecule has 0 unspecified atom stereocenters. The minimum Gasteiger partial charge on any atom is -0.289 e. The molecular weight excluding hydrogens is 390 g/mol. The summed E-state index contributed by atoms with van der Waals surface area (Å²) in [5.74, 6) is -0.565. The Kier molecular flexibility index (Phi) is 3.97. The van der Waals surface area contributed by atoms with E-state index >= 15 is 0 Å². The summed E-state index contributed by atoms with van der Waals surface area (Å²) in [6.45, 7) is 0. The van der Waals surface area contributed by atoms with Gasteiger partial charge in [0.05, 0.1) is 15.5 Å². The third-order valence-corrected chi connectivity index (χ3v) is 3.72. The molecule has 116 valence electrons. The molecule has 0 aliphatic heterocycles. The van der Waals surface area contributed by atoms with E-state index in [2.05, 4.69) is 31.3 Å². The van der Waals surface area contributed by atoms with E-state index in [1.807, 2.05) is 0 Å². The summed E-state index contributed by atoms with van der Waals surface area (Å²) in [7, 11) is 0. The molecule has 0 aliphatic carbocycles. The van der Waals surface area contributed by atoms with Gasteiger partial charge in [0, 0.05) is 22.8 Å². The van der Waals surface area contributed by atoms with Crippen molar-refractivity contribution in [3.63, 3.8) is 0 Å². The lowest BCUT2D eigenvalue weighted by Crippen LogP contribution is -2.14. The largest absolute Gasteiger partial charge is 0.289 e. The molecule has 0 fully saturated rings. The highest BCUT2D eigenvalue weighted by atomic mass is 79.9. The SMILES string of the molecule is O=C(Nc1nc2ccc(Br)cn2n1)c1cc([N+](=O)[O-])ccc1Cl. The minimum atomic E-state index is -0.631. The number of non-ortho nitro benzene ring substituents is 1. The number of fused-ring (bicyclic) bond motifs is 1. The van der Waals surface area contributed by atoms with E-state index in [-0.39, 0.29) is 22.2 Å². The predicted molar refractivity (Wildman–Crippen MR) is 86.7 cm³/mol. The zero-order valence-corrected chi connectivity index (χ0v) is 13.6. The normalized spacial score (nSPS) is 10.7. The van der Waals surface area contributed by atoms with E-state index < -0.39 is 10.8 Å². The Hall–Kier alpha value is -2.52. The van der Waals surface area contributed by atoms with Crippen molar-refractivity contribution >= 4 is 50.7 Å². The third-order valence-electron chi connectivity index (χ3n) is 2.93. The van der Waals surface area contributed by atoms with Gasteiger partial charge in [-0.2, -0.15) is 4.98 Å². The number of nitrogens with zero attached hydrogens (tertiary/aromatic N) is 4. The number of amides is 1. The molecule has 0 bridgehead atoms. The summed E-state index contributed by atoms with van der Waals surface area (Å²) in [4.78, 5) is 26.6. The fraction of sp³-hybridized carbons (Fsp3) is 0. The zero-order chi connectivity index (χ0) is 16.6. The number of aromatic nitrogens is 3. The Bertz CT molecular complexity index is 943. The first kappa shape index (κ1) is 15.4. The maximum absolute atomic E-state index is 12.2. The van der Waals surface area contributed by atoms with Gasteiger partial charge in [-0.15, -0.1) is 5.10 Å². The number of rotatable bonds is 3. The molecule has 1 aromatic carbocycles. The highest BCUT2D eigenvalue weighted by Crippen LogP contribution is 2.23. The molecule has 0 spiro atoms. The van der Waals surface area contributed by atoms with Crippen LogP contribution in [0.3, 0.4) is 0 Å². The summed E-state index contributed by atoms with van der Waals surface area (Å²) in [5.41, 5.74) is 0.279. The number of hydrogen-bond acceptors (Lipinski definition) is 5. The molecule has 0 radical (unpaired) electrons. The molecule has 0 saturated carbocycles. The van der Waals surface area contributed by atoms with E-state index in [0.717, 1.165) is 10.5 Å². The van der Waals surface area contributed by atoms with Gasteiger partial charge < -0.3 is 0 Å². The Morgan fingerprint density at radius 2 is 2.13 bits per heavy atom. The molecule has 1 amide bonds. The summed E-state index contributed by atoms with van der Waals surface area (Å²) in [6.07, 6.45) is 1.68. The lowest BCUT2D eigenvalue weighted by Gasteiger charge is -2.03. The van der Waals surface area contributed by atoms with Crippen molar-refractivity contribution in [3.8, 4) is 0 Å². The van der Waals surface area contributed by atoms with E-state index in [1.54, 1.807) is 18.3 Å². The van der Waals surface area contributed by atoms with Crippen LogP contribution in [0.5, 0.6) is 0 Å². The number of benzene rings is 1.